The van der Waals surface area contributed by atoms with E-state index in [1.54, 1.807) is 18.2 Å². The maximum Gasteiger partial charge on any atom is 0.341 e. The number of halogens is 1. The lowest BCUT2D eigenvalue weighted by Crippen LogP contribution is -1.95. The third-order valence-electron chi connectivity index (χ3n) is 2.07. The average molecular weight is 227 g/mol. The highest BCUT2D eigenvalue weighted by atomic mass is 35.5. The lowest BCUT2D eigenvalue weighted by atomic mass is 10.2. The summed E-state index contributed by atoms with van der Waals surface area (Å²) in [6.07, 6.45) is 0. The molecule has 0 unspecified atom stereocenters. The number of rotatable bonds is 2. The van der Waals surface area contributed by atoms with Crippen LogP contribution in [0.4, 0.5) is 0 Å². The Balaban J connectivity index is 2.77. The molecule has 15 heavy (non-hydrogen) atoms. The number of carboxylic acid groups (broad SMARTS) is 1. The molecule has 1 N–H and O–H groups in total. The molecule has 0 aliphatic heterocycles. The van der Waals surface area contributed by atoms with Crippen molar-refractivity contribution < 1.29 is 19.1 Å². The number of benzene rings is 1. The van der Waals surface area contributed by atoms with E-state index in [0.29, 0.717) is 16.7 Å². The fourth-order valence-corrected chi connectivity index (χ4v) is 1.64. The van der Waals surface area contributed by atoms with Crippen molar-refractivity contribution in [3.8, 4) is 5.75 Å². The van der Waals surface area contributed by atoms with Crippen LogP contribution >= 0.6 is 11.6 Å². The number of furan rings is 1. The van der Waals surface area contributed by atoms with E-state index in [-0.39, 0.29) is 10.8 Å². The molecule has 0 saturated carbocycles. The molecule has 78 valence electrons. The Morgan fingerprint density at radius 2 is 2.27 bits per heavy atom. The number of aromatic carboxylic acids is 1. The van der Waals surface area contributed by atoms with Gasteiger partial charge in [-0.25, -0.2) is 4.79 Å². The molecule has 0 radical (unpaired) electrons. The molecule has 0 aliphatic carbocycles. The van der Waals surface area contributed by atoms with Crippen LogP contribution in [0.15, 0.2) is 22.6 Å². The first-order valence-electron chi connectivity index (χ1n) is 4.13. The van der Waals surface area contributed by atoms with Crippen LogP contribution < -0.4 is 4.74 Å². The van der Waals surface area contributed by atoms with E-state index in [0.717, 1.165) is 0 Å². The molecule has 1 heterocycles. The summed E-state index contributed by atoms with van der Waals surface area (Å²) in [4.78, 5) is 10.9. The first kappa shape index (κ1) is 9.86. The molecule has 1 aromatic heterocycles. The molecule has 2 aromatic rings. The molecule has 0 saturated heterocycles. The fraction of sp³-hybridized carbons (Fsp3) is 0.100. The quantitative estimate of drug-likeness (QED) is 0.855. The van der Waals surface area contributed by atoms with Gasteiger partial charge in [0.05, 0.1) is 7.11 Å². The van der Waals surface area contributed by atoms with Crippen molar-refractivity contribution in [1.82, 2.24) is 0 Å². The van der Waals surface area contributed by atoms with Crippen LogP contribution in [-0.4, -0.2) is 18.2 Å². The van der Waals surface area contributed by atoms with Gasteiger partial charge in [0.2, 0.25) is 5.22 Å². The highest BCUT2D eigenvalue weighted by Crippen LogP contribution is 2.32. The summed E-state index contributed by atoms with van der Waals surface area (Å²) in [5.41, 5.74) is 0.392. The molecular weight excluding hydrogens is 220 g/mol. The Kier molecular flexibility index (Phi) is 2.28. The largest absolute Gasteiger partial charge is 0.497 e. The van der Waals surface area contributed by atoms with Gasteiger partial charge in [0.1, 0.15) is 16.9 Å². The van der Waals surface area contributed by atoms with Crippen molar-refractivity contribution in [3.05, 3.63) is 29.0 Å². The second-order valence-corrected chi connectivity index (χ2v) is 3.26. The van der Waals surface area contributed by atoms with Gasteiger partial charge in [0.25, 0.3) is 0 Å². The molecule has 0 fully saturated rings. The van der Waals surface area contributed by atoms with E-state index >= 15 is 0 Å². The average Bonchev–Trinajstić information content (AvgIpc) is 2.52. The predicted molar refractivity (Wildman–Crippen MR) is 54.7 cm³/mol. The minimum Gasteiger partial charge on any atom is -0.497 e. The third kappa shape index (κ3) is 1.53. The number of carboxylic acids is 1. The number of hydrogen-bond donors (Lipinski definition) is 1. The maximum atomic E-state index is 10.9. The van der Waals surface area contributed by atoms with Gasteiger partial charge in [0, 0.05) is 5.39 Å². The molecule has 0 spiro atoms. The van der Waals surface area contributed by atoms with E-state index in [1.165, 1.54) is 7.11 Å². The van der Waals surface area contributed by atoms with Crippen molar-refractivity contribution in [1.29, 1.82) is 0 Å². The summed E-state index contributed by atoms with van der Waals surface area (Å²) < 4.78 is 10.1. The van der Waals surface area contributed by atoms with Gasteiger partial charge < -0.3 is 14.3 Å². The van der Waals surface area contributed by atoms with Crippen LogP contribution in [0.25, 0.3) is 11.0 Å². The third-order valence-corrected chi connectivity index (χ3v) is 2.33. The van der Waals surface area contributed by atoms with Gasteiger partial charge in [-0.05, 0) is 29.8 Å². The monoisotopic (exact) mass is 226 g/mol. The minimum atomic E-state index is -1.12. The Bertz CT molecular complexity index is 529. The van der Waals surface area contributed by atoms with Crippen molar-refractivity contribution in [2.45, 2.75) is 0 Å². The van der Waals surface area contributed by atoms with Gasteiger partial charge in [-0.3, -0.25) is 0 Å². The van der Waals surface area contributed by atoms with Crippen LogP contribution in [0.3, 0.4) is 0 Å². The van der Waals surface area contributed by atoms with E-state index in [1.807, 2.05) is 0 Å². The second-order valence-electron chi connectivity index (χ2n) is 2.92. The molecule has 1 aromatic carbocycles. The van der Waals surface area contributed by atoms with Crippen molar-refractivity contribution >= 4 is 28.5 Å². The fourth-order valence-electron chi connectivity index (χ4n) is 1.37. The number of hydrogen-bond acceptors (Lipinski definition) is 3. The molecule has 4 nitrogen and oxygen atoms in total. The Morgan fingerprint density at radius 3 is 2.87 bits per heavy atom. The van der Waals surface area contributed by atoms with Crippen molar-refractivity contribution in [3.63, 3.8) is 0 Å². The number of methoxy groups -OCH3 is 1. The van der Waals surface area contributed by atoms with Crippen molar-refractivity contribution in [2.24, 2.45) is 0 Å². The van der Waals surface area contributed by atoms with Gasteiger partial charge in [-0.1, -0.05) is 0 Å². The Hall–Kier alpha value is -1.68. The summed E-state index contributed by atoms with van der Waals surface area (Å²) >= 11 is 5.67. The molecule has 2 rings (SSSR count). The Labute approximate surface area is 90.0 Å². The van der Waals surface area contributed by atoms with Crippen LogP contribution in [-0.2, 0) is 0 Å². The normalized spacial score (nSPS) is 10.5. The predicted octanol–water partition coefficient (Wildman–Crippen LogP) is 2.79. The smallest absolute Gasteiger partial charge is 0.341 e. The van der Waals surface area contributed by atoms with E-state index in [4.69, 9.17) is 25.9 Å². The number of fused-ring (bicyclic) bond motifs is 1. The van der Waals surface area contributed by atoms with Gasteiger partial charge in [-0.15, -0.1) is 0 Å². The molecule has 0 amide bonds. The Morgan fingerprint density at radius 1 is 1.53 bits per heavy atom. The first-order chi connectivity index (χ1) is 7.13. The van der Waals surface area contributed by atoms with E-state index in [2.05, 4.69) is 0 Å². The topological polar surface area (TPSA) is 59.7 Å². The highest BCUT2D eigenvalue weighted by Gasteiger charge is 2.19. The molecule has 0 aliphatic rings. The van der Waals surface area contributed by atoms with Crippen molar-refractivity contribution in [2.75, 3.05) is 7.11 Å². The van der Waals surface area contributed by atoms with E-state index < -0.39 is 5.97 Å². The number of ether oxygens (including phenoxy) is 1. The minimum absolute atomic E-state index is 0.0365. The molecule has 5 heteroatoms. The molecular formula is C10H7ClO4. The maximum absolute atomic E-state index is 10.9. The first-order valence-corrected chi connectivity index (χ1v) is 4.50. The number of carbonyl (C=O) groups is 1. The summed E-state index contributed by atoms with van der Waals surface area (Å²) in [6, 6.07) is 4.87. The SMILES string of the molecule is COc1ccc2oc(Cl)c(C(=O)O)c2c1. The second kappa shape index (κ2) is 3.47. The summed E-state index contributed by atoms with van der Waals surface area (Å²) in [5.74, 6) is -0.561. The standard InChI is InChI=1S/C10H7ClO4/c1-14-5-2-3-7-6(4-5)8(10(12)13)9(11)15-7/h2-4H,1H3,(H,12,13). The van der Waals surface area contributed by atoms with Crippen LogP contribution in [0, 0.1) is 0 Å². The lowest BCUT2D eigenvalue weighted by Gasteiger charge is -1.98. The van der Waals surface area contributed by atoms with Gasteiger partial charge in [0.15, 0.2) is 0 Å². The van der Waals surface area contributed by atoms with Crippen LogP contribution in [0.1, 0.15) is 10.4 Å². The molecule has 0 bridgehead atoms. The highest BCUT2D eigenvalue weighted by molar-refractivity contribution is 6.33. The van der Waals surface area contributed by atoms with Gasteiger partial charge in [-0.2, -0.15) is 0 Å². The molecule has 0 atom stereocenters. The van der Waals surface area contributed by atoms with E-state index in [9.17, 15) is 4.79 Å². The summed E-state index contributed by atoms with van der Waals surface area (Å²) in [7, 11) is 1.50. The van der Waals surface area contributed by atoms with Crippen LogP contribution in [0.2, 0.25) is 5.22 Å². The zero-order chi connectivity index (χ0) is 11.0. The van der Waals surface area contributed by atoms with Gasteiger partial charge >= 0.3 is 5.97 Å². The summed E-state index contributed by atoms with van der Waals surface area (Å²) in [5, 5.41) is 9.25. The zero-order valence-corrected chi connectivity index (χ0v) is 8.54. The van der Waals surface area contributed by atoms with Crippen LogP contribution in [0.5, 0.6) is 5.75 Å². The lowest BCUT2D eigenvalue weighted by molar-refractivity contribution is 0.0698. The zero-order valence-electron chi connectivity index (χ0n) is 7.78. The summed E-state index contributed by atoms with van der Waals surface area (Å²) in [6.45, 7) is 0.